The lowest BCUT2D eigenvalue weighted by molar-refractivity contribution is -0.0757. The molecular formula is C24H17F3N2O3. The lowest BCUT2D eigenvalue weighted by Gasteiger charge is -2.15. The molecule has 5 nitrogen and oxygen atoms in total. The van der Waals surface area contributed by atoms with Gasteiger partial charge in [-0.1, -0.05) is 12.1 Å². The van der Waals surface area contributed by atoms with Gasteiger partial charge < -0.3 is 4.40 Å². The van der Waals surface area contributed by atoms with Crippen LogP contribution >= 0.6 is 0 Å². The molecule has 0 fully saturated rings. The Kier molecular flexibility index (Phi) is 5.54. The van der Waals surface area contributed by atoms with Crippen molar-refractivity contribution >= 4 is 11.4 Å². The summed E-state index contributed by atoms with van der Waals surface area (Å²) < 4.78 is 44.4. The number of hydrogen-bond donors (Lipinski definition) is 0. The van der Waals surface area contributed by atoms with Crippen molar-refractivity contribution in [3.63, 3.8) is 0 Å². The first kappa shape index (κ1) is 21.3. The number of pyridine rings is 2. The van der Waals surface area contributed by atoms with Gasteiger partial charge in [0.05, 0.1) is 23.9 Å². The Morgan fingerprint density at radius 1 is 0.938 bits per heavy atom. The van der Waals surface area contributed by atoms with E-state index in [1.807, 2.05) is 0 Å². The zero-order chi connectivity index (χ0) is 23.0. The molecule has 8 heteroatoms. The number of aromatic nitrogens is 1. The highest BCUT2D eigenvalue weighted by Crippen LogP contribution is 2.29. The molecule has 0 radical (unpaired) electrons. The topological polar surface area (TPSA) is 51.0 Å². The maximum atomic E-state index is 15.0. The Morgan fingerprint density at radius 3 is 2.34 bits per heavy atom. The highest BCUT2D eigenvalue weighted by atomic mass is 19.1. The Hall–Kier alpha value is -3.91. The van der Waals surface area contributed by atoms with E-state index in [4.69, 9.17) is 4.84 Å². The standard InChI is InChI=1S/C24H17F3N2O3/c1-28(32-2)24(31)14-6-8-17(18(26)12-14)23-21-5-3-4-20(29(21)11-10-22(23)30)16-9-7-15(25)13-19(16)27/h3-13H,1-2H3. The van der Waals surface area contributed by atoms with E-state index in [0.29, 0.717) is 11.2 Å². The minimum atomic E-state index is -0.774. The van der Waals surface area contributed by atoms with Gasteiger partial charge in [0, 0.05) is 42.1 Å². The van der Waals surface area contributed by atoms with Crippen molar-refractivity contribution in [2.75, 3.05) is 14.2 Å². The van der Waals surface area contributed by atoms with Gasteiger partial charge in [0.1, 0.15) is 17.5 Å². The molecule has 0 spiro atoms. The molecule has 4 aromatic rings. The van der Waals surface area contributed by atoms with Gasteiger partial charge >= 0.3 is 0 Å². The summed E-state index contributed by atoms with van der Waals surface area (Å²) in [5.41, 5.74) is 0.435. The van der Waals surface area contributed by atoms with Gasteiger partial charge in [-0.3, -0.25) is 14.4 Å². The van der Waals surface area contributed by atoms with E-state index in [1.54, 1.807) is 18.2 Å². The number of fused-ring (bicyclic) bond motifs is 1. The van der Waals surface area contributed by atoms with Crippen molar-refractivity contribution in [1.82, 2.24) is 9.46 Å². The molecular weight excluding hydrogens is 421 g/mol. The number of amides is 1. The van der Waals surface area contributed by atoms with Crippen LogP contribution in [-0.2, 0) is 4.84 Å². The van der Waals surface area contributed by atoms with Gasteiger partial charge in [-0.25, -0.2) is 18.2 Å². The zero-order valence-electron chi connectivity index (χ0n) is 17.1. The molecule has 0 bridgehead atoms. The molecule has 1 amide bonds. The van der Waals surface area contributed by atoms with E-state index in [2.05, 4.69) is 0 Å². The molecule has 0 unspecified atom stereocenters. The van der Waals surface area contributed by atoms with E-state index in [9.17, 15) is 18.4 Å². The molecule has 2 aromatic carbocycles. The van der Waals surface area contributed by atoms with Gasteiger partial charge in [-0.15, -0.1) is 0 Å². The monoisotopic (exact) mass is 438 g/mol. The number of carbonyl (C=O) groups excluding carboxylic acids is 1. The minimum Gasteiger partial charge on any atom is -0.316 e. The number of halogens is 3. The van der Waals surface area contributed by atoms with Crippen LogP contribution in [0.25, 0.3) is 27.9 Å². The quantitative estimate of drug-likeness (QED) is 0.435. The number of hydrogen-bond acceptors (Lipinski definition) is 3. The normalized spacial score (nSPS) is 11.0. The highest BCUT2D eigenvalue weighted by molar-refractivity contribution is 5.94. The highest BCUT2D eigenvalue weighted by Gasteiger charge is 2.19. The molecule has 2 aromatic heterocycles. The van der Waals surface area contributed by atoms with Crippen molar-refractivity contribution in [2.45, 2.75) is 0 Å². The molecule has 32 heavy (non-hydrogen) atoms. The van der Waals surface area contributed by atoms with Crippen LogP contribution in [0.5, 0.6) is 0 Å². The second-order valence-corrected chi connectivity index (χ2v) is 7.03. The second-order valence-electron chi connectivity index (χ2n) is 7.03. The van der Waals surface area contributed by atoms with Crippen LogP contribution in [0.2, 0.25) is 0 Å². The Labute approximate surface area is 180 Å². The summed E-state index contributed by atoms with van der Waals surface area (Å²) in [5.74, 6) is -2.81. The molecule has 0 N–H and O–H groups in total. The molecule has 4 rings (SSSR count). The summed E-state index contributed by atoms with van der Waals surface area (Å²) in [5, 5.41) is 0.949. The largest absolute Gasteiger partial charge is 0.316 e. The summed E-state index contributed by atoms with van der Waals surface area (Å²) in [6.07, 6.45) is 1.45. The van der Waals surface area contributed by atoms with Gasteiger partial charge in [0.2, 0.25) is 0 Å². The third kappa shape index (κ3) is 3.65. The van der Waals surface area contributed by atoms with Crippen LogP contribution in [0.4, 0.5) is 13.2 Å². The van der Waals surface area contributed by atoms with Crippen molar-refractivity contribution in [3.8, 4) is 22.4 Å². The SMILES string of the molecule is CON(C)C(=O)c1ccc(-c2c(=O)ccn3c(-c4ccc(F)cc4F)cccc23)c(F)c1. The van der Waals surface area contributed by atoms with Crippen LogP contribution in [0.1, 0.15) is 10.4 Å². The molecule has 2 heterocycles. The lowest BCUT2D eigenvalue weighted by atomic mass is 10.0. The van der Waals surface area contributed by atoms with Crippen LogP contribution in [-0.4, -0.2) is 29.5 Å². The maximum absolute atomic E-state index is 15.0. The zero-order valence-corrected chi connectivity index (χ0v) is 17.1. The fourth-order valence-corrected chi connectivity index (χ4v) is 3.54. The predicted octanol–water partition coefficient (Wildman–Crippen LogP) is 4.68. The number of rotatable bonds is 4. The van der Waals surface area contributed by atoms with E-state index in [0.717, 1.165) is 23.3 Å². The average molecular weight is 438 g/mol. The van der Waals surface area contributed by atoms with Crippen molar-refractivity contribution in [1.29, 1.82) is 0 Å². The fraction of sp³-hybridized carbons (Fsp3) is 0.0833. The molecule has 0 saturated carbocycles. The van der Waals surface area contributed by atoms with Gasteiger partial charge in [0.25, 0.3) is 5.91 Å². The predicted molar refractivity (Wildman–Crippen MR) is 114 cm³/mol. The Bertz CT molecular complexity index is 1420. The summed E-state index contributed by atoms with van der Waals surface area (Å²) >= 11 is 0. The molecule has 0 atom stereocenters. The molecule has 0 aliphatic rings. The van der Waals surface area contributed by atoms with Crippen LogP contribution in [0.3, 0.4) is 0 Å². The smallest absolute Gasteiger partial charge is 0.277 e. The van der Waals surface area contributed by atoms with Crippen molar-refractivity contribution < 1.29 is 22.8 Å². The van der Waals surface area contributed by atoms with E-state index in [-0.39, 0.29) is 22.3 Å². The number of hydroxylamine groups is 2. The Balaban J connectivity index is 1.92. The first-order chi connectivity index (χ1) is 15.3. The van der Waals surface area contributed by atoms with Crippen molar-refractivity contribution in [2.24, 2.45) is 0 Å². The summed E-state index contributed by atoms with van der Waals surface area (Å²) in [7, 11) is 2.70. The minimum absolute atomic E-state index is 0.0125. The van der Waals surface area contributed by atoms with Crippen LogP contribution in [0, 0.1) is 17.5 Å². The lowest BCUT2D eigenvalue weighted by Crippen LogP contribution is -2.25. The summed E-state index contributed by atoms with van der Waals surface area (Å²) in [6.45, 7) is 0. The van der Waals surface area contributed by atoms with Crippen LogP contribution < -0.4 is 5.43 Å². The third-order valence-corrected chi connectivity index (χ3v) is 5.16. The summed E-state index contributed by atoms with van der Waals surface area (Å²) in [6, 6.07) is 13.0. The maximum Gasteiger partial charge on any atom is 0.277 e. The van der Waals surface area contributed by atoms with E-state index < -0.39 is 28.8 Å². The Morgan fingerprint density at radius 2 is 1.66 bits per heavy atom. The molecule has 0 aliphatic carbocycles. The fourth-order valence-electron chi connectivity index (χ4n) is 3.54. The van der Waals surface area contributed by atoms with Crippen LogP contribution in [0.15, 0.2) is 71.7 Å². The molecule has 0 aliphatic heterocycles. The van der Waals surface area contributed by atoms with Gasteiger partial charge in [-0.05, 0) is 36.4 Å². The van der Waals surface area contributed by atoms with E-state index in [1.165, 1.54) is 49.0 Å². The van der Waals surface area contributed by atoms with Crippen molar-refractivity contribution in [3.05, 3.63) is 100 Å². The third-order valence-electron chi connectivity index (χ3n) is 5.16. The second kappa shape index (κ2) is 8.32. The molecule has 162 valence electrons. The van der Waals surface area contributed by atoms with Gasteiger partial charge in [0.15, 0.2) is 5.43 Å². The van der Waals surface area contributed by atoms with Gasteiger partial charge in [-0.2, -0.15) is 0 Å². The summed E-state index contributed by atoms with van der Waals surface area (Å²) in [4.78, 5) is 29.8. The average Bonchev–Trinajstić information content (AvgIpc) is 2.78. The first-order valence-electron chi connectivity index (χ1n) is 9.53. The number of benzene rings is 2. The molecule has 0 saturated heterocycles. The van der Waals surface area contributed by atoms with E-state index >= 15 is 4.39 Å². The number of nitrogens with zero attached hydrogens (tertiary/aromatic N) is 2. The number of carbonyl (C=O) groups is 1. The first-order valence-corrected chi connectivity index (χ1v) is 9.53.